The molecule has 0 saturated carbocycles. The Balaban J connectivity index is 1.13. The van der Waals surface area contributed by atoms with Gasteiger partial charge in [-0.05, 0) is 107 Å². The normalized spacial score (nSPS) is 14.1. The first-order valence-corrected chi connectivity index (χ1v) is 23.8. The maximum atomic E-state index is 5.65. The van der Waals surface area contributed by atoms with E-state index < -0.39 is 5.41 Å². The Labute approximate surface area is 402 Å². The quantitative estimate of drug-likeness (QED) is 0.132. The van der Waals surface area contributed by atoms with Crippen LogP contribution in [0.15, 0.2) is 278 Å². The third-order valence-electron chi connectivity index (χ3n) is 14.2. The van der Waals surface area contributed by atoms with Crippen molar-refractivity contribution in [2.24, 2.45) is 5.11 Å². The van der Waals surface area contributed by atoms with Gasteiger partial charge in [-0.2, -0.15) is 0 Å². The van der Waals surface area contributed by atoms with E-state index in [2.05, 4.69) is 282 Å². The summed E-state index contributed by atoms with van der Waals surface area (Å²) in [4.78, 5) is 2.48. The predicted molar refractivity (Wildman–Crippen MR) is 283 cm³/mol. The van der Waals surface area contributed by atoms with E-state index in [-0.39, 0.29) is 6.04 Å². The van der Waals surface area contributed by atoms with E-state index in [4.69, 9.17) is 5.11 Å². The van der Waals surface area contributed by atoms with Crippen molar-refractivity contribution in [2.45, 2.75) is 11.5 Å². The fraction of sp³-hybridized carbons (Fsp3) is 0.0303. The van der Waals surface area contributed by atoms with Crippen LogP contribution in [0.4, 0.5) is 17.1 Å². The summed E-state index contributed by atoms with van der Waals surface area (Å²) in [6.45, 7) is 0. The molecule has 10 aromatic carbocycles. The van der Waals surface area contributed by atoms with Crippen molar-refractivity contribution < 1.29 is 4.36 Å². The largest absolute Gasteiger partial charge is 0.310 e. The molecule has 1 aromatic heterocycles. The molecule has 324 valence electrons. The van der Waals surface area contributed by atoms with Crippen molar-refractivity contribution >= 4 is 33.4 Å². The molecule has 0 N–H and O–H groups in total. The second kappa shape index (κ2) is 16.7. The molecule has 1 unspecified atom stereocenters. The van der Waals surface area contributed by atoms with Crippen LogP contribution >= 0.6 is 0 Å². The average Bonchev–Trinajstić information content (AvgIpc) is 3.98. The minimum absolute atomic E-state index is 0.220. The van der Waals surface area contributed by atoms with Gasteiger partial charge in [0.1, 0.15) is 0 Å². The standard InChI is InChI=1S/C66H46N3/c1-7-23-46(24-8-1)55-35-20-22-38-61(55)68(54-41-42-57-56-36-19-21-37-59(56)66(60(57)45-54,51-31-15-5-16-32-51)52-33-17-6-18-34-52)53-40-39-50-43-62(47-25-9-2-10-26-47)69-65(58(50)44-53)63(48-27-11-3-12-28-48)64(67-69)49-29-13-4-14-30-49/h1-45,64H/q+1. The molecule has 0 spiro atoms. The number of anilines is 3. The molecule has 0 amide bonds. The Morgan fingerprint density at radius 2 is 0.899 bits per heavy atom. The summed E-state index contributed by atoms with van der Waals surface area (Å²) in [7, 11) is 0. The van der Waals surface area contributed by atoms with Crippen LogP contribution < -0.4 is 14.6 Å². The van der Waals surface area contributed by atoms with Crippen LogP contribution in [0.5, 0.6) is 0 Å². The smallest absolute Gasteiger partial charge is 0.252 e. The highest BCUT2D eigenvalue weighted by Crippen LogP contribution is 2.57. The Morgan fingerprint density at radius 3 is 1.57 bits per heavy atom. The fourth-order valence-electron chi connectivity index (χ4n) is 11.3. The Morgan fingerprint density at radius 1 is 0.391 bits per heavy atom. The number of aromatic nitrogens is 1. The van der Waals surface area contributed by atoms with Crippen LogP contribution in [0, 0.1) is 0 Å². The number of fused-ring (bicyclic) bond motifs is 6. The third kappa shape index (κ3) is 6.58. The van der Waals surface area contributed by atoms with E-state index in [1.54, 1.807) is 0 Å². The minimum Gasteiger partial charge on any atom is -0.310 e. The van der Waals surface area contributed by atoms with Crippen molar-refractivity contribution in [3.63, 3.8) is 0 Å². The highest BCUT2D eigenvalue weighted by Gasteiger charge is 2.46. The molecule has 11 aromatic rings. The van der Waals surface area contributed by atoms with Gasteiger partial charge in [-0.15, -0.1) is 0 Å². The van der Waals surface area contributed by atoms with Crippen molar-refractivity contribution in [2.75, 3.05) is 4.90 Å². The third-order valence-corrected chi connectivity index (χ3v) is 14.2. The first kappa shape index (κ1) is 40.4. The van der Waals surface area contributed by atoms with Gasteiger partial charge in [0.25, 0.3) is 5.35 Å². The van der Waals surface area contributed by atoms with Gasteiger partial charge < -0.3 is 4.90 Å². The number of rotatable bonds is 9. The van der Waals surface area contributed by atoms with E-state index in [0.717, 1.165) is 66.7 Å². The number of para-hydroxylation sites is 1. The zero-order valence-electron chi connectivity index (χ0n) is 37.9. The van der Waals surface area contributed by atoms with E-state index in [1.807, 2.05) is 0 Å². The molecule has 0 bridgehead atoms. The summed E-state index contributed by atoms with van der Waals surface area (Å²) in [6, 6.07) is 99.4. The molecule has 2 heterocycles. The average molecular weight is 881 g/mol. The number of benzene rings is 10. The molecule has 0 radical (unpaired) electrons. The lowest BCUT2D eigenvalue weighted by atomic mass is 9.67. The molecular formula is C66H46N3+. The minimum atomic E-state index is -0.558. The summed E-state index contributed by atoms with van der Waals surface area (Å²) in [6.07, 6.45) is 0. The first-order chi connectivity index (χ1) is 34.3. The lowest BCUT2D eigenvalue weighted by Gasteiger charge is -2.35. The van der Waals surface area contributed by atoms with Crippen LogP contribution in [0.3, 0.4) is 0 Å². The summed E-state index contributed by atoms with van der Waals surface area (Å²) < 4.78 is 2.23. The molecule has 3 heteroatoms. The molecule has 69 heavy (non-hydrogen) atoms. The summed E-state index contributed by atoms with van der Waals surface area (Å²) in [5.74, 6) is 0. The molecule has 1 atom stereocenters. The van der Waals surface area contributed by atoms with Crippen molar-refractivity contribution in [3.05, 3.63) is 312 Å². The molecule has 1 aliphatic carbocycles. The SMILES string of the molecule is c1ccc(C2=c3c4cc(N(c5ccc6c(c5)C(c5ccccc5)(c5ccccc5)c5ccccc5-6)c5ccccc5-c5ccccc5)ccc4cc(-c4ccccc4)[n+]3=NC2c2ccccc2)cc1. The van der Waals surface area contributed by atoms with Crippen LogP contribution in [0.2, 0.25) is 0 Å². The second-order valence-electron chi connectivity index (χ2n) is 18.0. The predicted octanol–water partition coefficient (Wildman–Crippen LogP) is 15.3. The summed E-state index contributed by atoms with van der Waals surface area (Å²) in [5.41, 5.74) is 18.2. The van der Waals surface area contributed by atoms with Gasteiger partial charge in [-0.25, -0.2) is 0 Å². The molecule has 13 rings (SSSR count). The lowest BCUT2D eigenvalue weighted by Crippen LogP contribution is -2.38. The van der Waals surface area contributed by atoms with Gasteiger partial charge in [0.05, 0.1) is 22.1 Å². The molecular weight excluding hydrogens is 835 g/mol. The van der Waals surface area contributed by atoms with Crippen LogP contribution in [-0.4, -0.2) is 0 Å². The van der Waals surface area contributed by atoms with Gasteiger partial charge in [0.15, 0.2) is 6.04 Å². The molecule has 3 nitrogen and oxygen atoms in total. The topological polar surface area (TPSA) is 21.5 Å². The van der Waals surface area contributed by atoms with Crippen LogP contribution in [0.25, 0.3) is 49.9 Å². The van der Waals surface area contributed by atoms with Gasteiger partial charge in [-0.1, -0.05) is 224 Å². The number of nitrogens with zero attached hydrogens (tertiary/aromatic N) is 3. The lowest BCUT2D eigenvalue weighted by molar-refractivity contribution is -0.546. The molecule has 0 fully saturated rings. The molecule has 0 saturated heterocycles. The molecule has 1 aliphatic heterocycles. The van der Waals surface area contributed by atoms with E-state index in [1.165, 1.54) is 39.0 Å². The Bertz CT molecular complexity index is 3780. The van der Waals surface area contributed by atoms with Crippen LogP contribution in [0.1, 0.15) is 39.4 Å². The second-order valence-corrected chi connectivity index (χ2v) is 18.0. The van der Waals surface area contributed by atoms with Gasteiger partial charge >= 0.3 is 0 Å². The maximum Gasteiger partial charge on any atom is 0.252 e. The van der Waals surface area contributed by atoms with E-state index >= 15 is 0 Å². The Hall–Kier alpha value is -8.92. The summed E-state index contributed by atoms with van der Waals surface area (Å²) >= 11 is 0. The zero-order valence-corrected chi connectivity index (χ0v) is 37.9. The summed E-state index contributed by atoms with van der Waals surface area (Å²) in [5, 5.41) is 9.03. The van der Waals surface area contributed by atoms with Crippen molar-refractivity contribution in [3.8, 4) is 33.5 Å². The van der Waals surface area contributed by atoms with Crippen molar-refractivity contribution in [1.82, 2.24) is 0 Å². The number of pyridine rings is 1. The van der Waals surface area contributed by atoms with Crippen molar-refractivity contribution in [1.29, 1.82) is 0 Å². The number of hydrogen-bond donors (Lipinski definition) is 0. The fourth-order valence-corrected chi connectivity index (χ4v) is 11.3. The Kier molecular flexibility index (Phi) is 9.80. The monoisotopic (exact) mass is 880 g/mol. The maximum absolute atomic E-state index is 5.65. The van der Waals surface area contributed by atoms with Gasteiger partial charge in [0.2, 0.25) is 5.69 Å². The van der Waals surface area contributed by atoms with E-state index in [0.29, 0.717) is 0 Å². The highest BCUT2D eigenvalue weighted by atomic mass is 15.2. The van der Waals surface area contributed by atoms with Gasteiger partial charge in [0, 0.05) is 28.6 Å². The zero-order chi connectivity index (χ0) is 45.7. The van der Waals surface area contributed by atoms with Gasteiger partial charge in [-0.3, -0.25) is 0 Å². The highest BCUT2D eigenvalue weighted by molar-refractivity contribution is 5.96. The van der Waals surface area contributed by atoms with E-state index in [9.17, 15) is 0 Å². The van der Waals surface area contributed by atoms with Crippen LogP contribution in [-0.2, 0) is 5.41 Å². The number of hydrogen-bond acceptors (Lipinski definition) is 2. The molecule has 2 aliphatic rings. The first-order valence-electron chi connectivity index (χ1n) is 23.8.